The van der Waals surface area contributed by atoms with Gasteiger partial charge in [-0.2, -0.15) is 4.68 Å². The van der Waals surface area contributed by atoms with Crippen molar-refractivity contribution in [2.75, 3.05) is 0 Å². The summed E-state index contributed by atoms with van der Waals surface area (Å²) in [5.41, 5.74) is 0.405. The van der Waals surface area contributed by atoms with Crippen LogP contribution in [0.2, 0.25) is 5.02 Å². The minimum absolute atomic E-state index is 0.0251. The van der Waals surface area contributed by atoms with Crippen LogP contribution in [-0.2, 0) is 13.5 Å². The van der Waals surface area contributed by atoms with Crippen LogP contribution in [0.4, 0.5) is 0 Å². The van der Waals surface area contributed by atoms with Gasteiger partial charge in [-0.3, -0.25) is 9.36 Å². The van der Waals surface area contributed by atoms with E-state index in [4.69, 9.17) is 20.1 Å². The van der Waals surface area contributed by atoms with Crippen molar-refractivity contribution >= 4 is 22.8 Å². The number of aromatic nitrogens is 6. The predicted molar refractivity (Wildman–Crippen MR) is 105 cm³/mol. The number of imidazole rings is 1. The third kappa shape index (κ3) is 3.07. The SMILES string of the molecule is [2H]C([2H])([2H])n1cnc2ncn(Cc3nn([C@H]4C[C@H](c5ccc(Cl)cc5)C4)c(=O)o3)c(=O)c21. The van der Waals surface area contributed by atoms with Gasteiger partial charge >= 0.3 is 5.76 Å². The third-order valence-corrected chi connectivity index (χ3v) is 5.50. The molecule has 0 atom stereocenters. The molecule has 1 aliphatic rings. The quantitative estimate of drug-likeness (QED) is 0.506. The first-order valence-electron chi connectivity index (χ1n) is 10.5. The zero-order valence-electron chi connectivity index (χ0n) is 18.0. The Morgan fingerprint density at radius 1 is 1.21 bits per heavy atom. The van der Waals surface area contributed by atoms with Gasteiger partial charge in [0.2, 0.25) is 5.89 Å². The molecule has 3 aromatic heterocycles. The van der Waals surface area contributed by atoms with Crippen molar-refractivity contribution < 1.29 is 8.53 Å². The van der Waals surface area contributed by atoms with Gasteiger partial charge in [-0.25, -0.2) is 14.8 Å². The van der Waals surface area contributed by atoms with Crippen molar-refractivity contribution in [3.05, 3.63) is 74.3 Å². The molecule has 1 saturated carbocycles. The predicted octanol–water partition coefficient (Wildman–Crippen LogP) is 2.10. The average Bonchev–Trinajstić information content (AvgIpc) is 3.29. The Morgan fingerprint density at radius 2 is 1.97 bits per heavy atom. The Balaban J connectivity index is 1.37. The normalized spacial score (nSPS) is 20.8. The van der Waals surface area contributed by atoms with E-state index in [1.54, 1.807) is 0 Å². The lowest BCUT2D eigenvalue weighted by Gasteiger charge is -2.34. The van der Waals surface area contributed by atoms with E-state index in [2.05, 4.69) is 15.1 Å². The van der Waals surface area contributed by atoms with Crippen LogP contribution >= 0.6 is 11.6 Å². The molecule has 1 fully saturated rings. The minimum Gasteiger partial charge on any atom is -0.390 e. The van der Waals surface area contributed by atoms with Gasteiger partial charge in [-0.1, -0.05) is 23.7 Å². The molecule has 0 spiro atoms. The second-order valence-corrected chi connectivity index (χ2v) is 7.48. The lowest BCUT2D eigenvalue weighted by molar-refractivity contribution is 0.233. The lowest BCUT2D eigenvalue weighted by Crippen LogP contribution is -2.31. The number of halogens is 1. The number of hydrogen-bond acceptors (Lipinski definition) is 6. The highest BCUT2D eigenvalue weighted by Crippen LogP contribution is 2.43. The van der Waals surface area contributed by atoms with E-state index in [1.165, 1.54) is 11.0 Å². The number of hydrogen-bond donors (Lipinski definition) is 0. The molecule has 0 aliphatic heterocycles. The van der Waals surface area contributed by atoms with E-state index in [0.717, 1.165) is 33.9 Å². The van der Waals surface area contributed by atoms with Crippen LogP contribution in [-0.4, -0.2) is 28.9 Å². The number of aryl methyl sites for hydroxylation is 1. The monoisotopic (exact) mass is 415 g/mol. The fourth-order valence-electron chi connectivity index (χ4n) is 3.62. The van der Waals surface area contributed by atoms with Gasteiger partial charge in [0.15, 0.2) is 11.2 Å². The zero-order valence-corrected chi connectivity index (χ0v) is 15.8. The maximum atomic E-state index is 12.8. The molecule has 0 N–H and O–H groups in total. The molecule has 1 aromatic carbocycles. The molecular formula is C19H17ClN6O3. The summed E-state index contributed by atoms with van der Waals surface area (Å²) in [4.78, 5) is 33.0. The standard InChI is InChI=1S/C19H17ClN6O3/c1-24-9-21-17-16(24)18(27)25(10-22-17)8-15-23-26(19(28)29-15)14-6-12(7-14)11-2-4-13(20)5-3-11/h2-5,9-10,12,14H,6-8H2,1H3/t12-,14-/i1D3. The molecular weight excluding hydrogens is 396 g/mol. The van der Waals surface area contributed by atoms with E-state index in [9.17, 15) is 9.59 Å². The highest BCUT2D eigenvalue weighted by Gasteiger charge is 2.34. The largest absolute Gasteiger partial charge is 0.437 e. The minimum atomic E-state index is -2.58. The van der Waals surface area contributed by atoms with Gasteiger partial charge in [-0.15, -0.1) is 5.10 Å². The molecule has 0 bridgehead atoms. The first-order valence-corrected chi connectivity index (χ1v) is 9.35. The van der Waals surface area contributed by atoms with Gasteiger partial charge in [0.05, 0.1) is 12.4 Å². The van der Waals surface area contributed by atoms with Crippen molar-refractivity contribution in [3.63, 3.8) is 0 Å². The second-order valence-electron chi connectivity index (χ2n) is 7.04. The van der Waals surface area contributed by atoms with E-state index in [-0.39, 0.29) is 29.6 Å². The summed E-state index contributed by atoms with van der Waals surface area (Å²) in [6, 6.07) is 7.52. The molecule has 29 heavy (non-hydrogen) atoms. The lowest BCUT2D eigenvalue weighted by atomic mass is 9.76. The number of benzene rings is 1. The highest BCUT2D eigenvalue weighted by molar-refractivity contribution is 6.30. The van der Waals surface area contributed by atoms with E-state index in [0.29, 0.717) is 10.9 Å². The van der Waals surface area contributed by atoms with Crippen molar-refractivity contribution in [3.8, 4) is 0 Å². The fourth-order valence-corrected chi connectivity index (χ4v) is 3.75. The van der Waals surface area contributed by atoms with Gasteiger partial charge in [0.25, 0.3) is 5.56 Å². The molecule has 148 valence electrons. The topological polar surface area (TPSA) is 101 Å². The molecule has 0 unspecified atom stereocenters. The van der Waals surface area contributed by atoms with Crippen LogP contribution < -0.4 is 11.3 Å². The molecule has 1 aliphatic carbocycles. The van der Waals surface area contributed by atoms with Crippen molar-refractivity contribution in [1.29, 1.82) is 0 Å². The van der Waals surface area contributed by atoms with Crippen molar-refractivity contribution in [1.82, 2.24) is 28.9 Å². The summed E-state index contributed by atoms with van der Waals surface area (Å²) in [5.74, 6) is -0.263. The maximum Gasteiger partial charge on any atom is 0.437 e. The zero-order chi connectivity index (χ0) is 22.6. The van der Waals surface area contributed by atoms with E-state index in [1.807, 2.05) is 24.3 Å². The second kappa shape index (κ2) is 6.70. The molecule has 3 heterocycles. The summed E-state index contributed by atoms with van der Waals surface area (Å²) in [7, 11) is 0. The fraction of sp³-hybridized carbons (Fsp3) is 0.316. The number of rotatable bonds is 4. The van der Waals surface area contributed by atoms with Crippen LogP contribution in [0.1, 0.15) is 40.4 Å². The Bertz CT molecular complexity index is 1410. The Kier molecular flexibility index (Phi) is 3.41. The molecule has 0 saturated heterocycles. The van der Waals surface area contributed by atoms with E-state index < -0.39 is 18.3 Å². The maximum absolute atomic E-state index is 12.8. The first kappa shape index (κ1) is 14.7. The summed E-state index contributed by atoms with van der Waals surface area (Å²) in [6.45, 7) is -2.74. The molecule has 10 heteroatoms. The Hall–Kier alpha value is -3.20. The van der Waals surface area contributed by atoms with Crippen LogP contribution in [0, 0.1) is 0 Å². The van der Waals surface area contributed by atoms with Crippen molar-refractivity contribution in [2.45, 2.75) is 31.3 Å². The van der Waals surface area contributed by atoms with Gasteiger partial charge in [0.1, 0.15) is 12.9 Å². The summed E-state index contributed by atoms with van der Waals surface area (Å²) >= 11 is 5.93. The van der Waals surface area contributed by atoms with Gasteiger partial charge in [0, 0.05) is 16.1 Å². The summed E-state index contributed by atoms with van der Waals surface area (Å²) in [6.07, 6.45) is 3.75. The Morgan fingerprint density at radius 3 is 2.72 bits per heavy atom. The molecule has 0 amide bonds. The molecule has 9 nitrogen and oxygen atoms in total. The third-order valence-electron chi connectivity index (χ3n) is 5.25. The molecule has 4 aromatic rings. The summed E-state index contributed by atoms with van der Waals surface area (Å²) < 4.78 is 31.1. The number of nitrogens with zero attached hydrogens (tertiary/aromatic N) is 6. The molecule has 0 radical (unpaired) electrons. The van der Waals surface area contributed by atoms with Crippen LogP contribution in [0.15, 0.2) is 50.9 Å². The summed E-state index contributed by atoms with van der Waals surface area (Å²) in [5, 5.41) is 4.92. The highest BCUT2D eigenvalue weighted by atomic mass is 35.5. The van der Waals surface area contributed by atoms with Crippen LogP contribution in [0.3, 0.4) is 0 Å². The Labute approximate surface area is 173 Å². The smallest absolute Gasteiger partial charge is 0.390 e. The van der Waals surface area contributed by atoms with Gasteiger partial charge in [-0.05, 0) is 36.5 Å². The van der Waals surface area contributed by atoms with Gasteiger partial charge < -0.3 is 8.98 Å². The first-order chi connectivity index (χ1) is 15.2. The van der Waals surface area contributed by atoms with Crippen LogP contribution in [0.25, 0.3) is 11.2 Å². The molecule has 5 rings (SSSR count). The van der Waals surface area contributed by atoms with E-state index >= 15 is 0 Å². The average molecular weight is 416 g/mol. The number of fused-ring (bicyclic) bond motifs is 1. The van der Waals surface area contributed by atoms with Crippen molar-refractivity contribution in [2.24, 2.45) is 6.98 Å². The van der Waals surface area contributed by atoms with Crippen LogP contribution in [0.5, 0.6) is 0 Å².